The van der Waals surface area contributed by atoms with Crippen molar-refractivity contribution in [3.05, 3.63) is 29.3 Å². The third kappa shape index (κ3) is 2.06. The highest BCUT2D eigenvalue weighted by molar-refractivity contribution is 5.58. The van der Waals surface area contributed by atoms with E-state index < -0.39 is 0 Å². The van der Waals surface area contributed by atoms with Crippen LogP contribution in [0.15, 0.2) is 18.2 Å². The van der Waals surface area contributed by atoms with Gasteiger partial charge in [0.05, 0.1) is 13.7 Å². The number of rotatable bonds is 3. The third-order valence-corrected chi connectivity index (χ3v) is 1.93. The van der Waals surface area contributed by atoms with Crippen molar-refractivity contribution in [2.24, 2.45) is 0 Å². The van der Waals surface area contributed by atoms with E-state index in [4.69, 9.17) is 9.84 Å². The number of allylic oxidation sites excluding steroid dienone is 1. The first-order valence-electron chi connectivity index (χ1n) is 4.36. The summed E-state index contributed by atoms with van der Waals surface area (Å²) in [6.07, 6.45) is 3.76. The molecule has 0 amide bonds. The molecule has 0 heterocycles. The number of benzene rings is 1. The molecule has 3 nitrogen and oxygen atoms in total. The summed E-state index contributed by atoms with van der Waals surface area (Å²) in [5, 5.41) is 18.6. The number of aromatic hydroxyl groups is 1. The van der Waals surface area contributed by atoms with Crippen molar-refractivity contribution >= 4 is 6.08 Å². The van der Waals surface area contributed by atoms with Gasteiger partial charge in [0.15, 0.2) is 11.5 Å². The molecule has 0 saturated carbocycles. The van der Waals surface area contributed by atoms with Gasteiger partial charge in [0.1, 0.15) is 0 Å². The molecule has 0 fully saturated rings. The Balaban J connectivity index is 3.24. The summed E-state index contributed by atoms with van der Waals surface area (Å²) in [6.45, 7) is 1.70. The lowest BCUT2D eigenvalue weighted by Gasteiger charge is -2.08. The third-order valence-electron chi connectivity index (χ3n) is 1.93. The van der Waals surface area contributed by atoms with Crippen molar-refractivity contribution in [1.82, 2.24) is 0 Å². The van der Waals surface area contributed by atoms with Gasteiger partial charge in [-0.15, -0.1) is 0 Å². The van der Waals surface area contributed by atoms with Crippen molar-refractivity contribution in [2.45, 2.75) is 13.5 Å². The van der Waals surface area contributed by atoms with Crippen molar-refractivity contribution in [3.8, 4) is 11.5 Å². The van der Waals surface area contributed by atoms with Gasteiger partial charge >= 0.3 is 0 Å². The average Bonchev–Trinajstić information content (AvgIpc) is 2.20. The van der Waals surface area contributed by atoms with Crippen LogP contribution < -0.4 is 4.74 Å². The molecule has 0 saturated heterocycles. The molecule has 14 heavy (non-hydrogen) atoms. The SMILES string of the molecule is C/C=C/c1cc(CO)c(O)c(OC)c1. The van der Waals surface area contributed by atoms with Gasteiger partial charge in [-0.25, -0.2) is 0 Å². The van der Waals surface area contributed by atoms with E-state index in [2.05, 4.69) is 0 Å². The molecule has 0 atom stereocenters. The Hall–Kier alpha value is -1.48. The predicted octanol–water partition coefficient (Wildman–Crippen LogP) is 1.93. The smallest absolute Gasteiger partial charge is 0.163 e. The quantitative estimate of drug-likeness (QED) is 0.773. The first kappa shape index (κ1) is 10.6. The van der Waals surface area contributed by atoms with Crippen LogP contribution in [0.5, 0.6) is 11.5 Å². The average molecular weight is 194 g/mol. The predicted molar refractivity (Wildman–Crippen MR) is 55.3 cm³/mol. The number of aliphatic hydroxyl groups is 1. The van der Waals surface area contributed by atoms with E-state index in [1.165, 1.54) is 7.11 Å². The topological polar surface area (TPSA) is 49.7 Å². The monoisotopic (exact) mass is 194 g/mol. The van der Waals surface area contributed by atoms with Crippen molar-refractivity contribution < 1.29 is 14.9 Å². The van der Waals surface area contributed by atoms with E-state index in [1.807, 2.05) is 19.1 Å². The zero-order chi connectivity index (χ0) is 10.6. The number of phenols is 1. The fraction of sp³-hybridized carbons (Fsp3) is 0.273. The molecule has 1 rings (SSSR count). The number of aliphatic hydroxyl groups excluding tert-OH is 1. The molecule has 0 aromatic heterocycles. The number of ether oxygens (including phenoxy) is 1. The van der Waals surface area contributed by atoms with Gasteiger partial charge in [-0.1, -0.05) is 12.2 Å². The van der Waals surface area contributed by atoms with Gasteiger partial charge in [-0.05, 0) is 24.6 Å². The largest absolute Gasteiger partial charge is 0.504 e. The summed E-state index contributed by atoms with van der Waals surface area (Å²) in [5.41, 5.74) is 1.36. The van der Waals surface area contributed by atoms with E-state index >= 15 is 0 Å². The highest BCUT2D eigenvalue weighted by atomic mass is 16.5. The summed E-state index contributed by atoms with van der Waals surface area (Å²) in [6, 6.07) is 3.44. The maximum Gasteiger partial charge on any atom is 0.163 e. The van der Waals surface area contributed by atoms with Crippen molar-refractivity contribution in [1.29, 1.82) is 0 Å². The fourth-order valence-corrected chi connectivity index (χ4v) is 1.25. The molecule has 1 aromatic carbocycles. The molecule has 1 aromatic rings. The molecule has 0 aliphatic heterocycles. The van der Waals surface area contributed by atoms with Gasteiger partial charge in [-0.2, -0.15) is 0 Å². The highest BCUT2D eigenvalue weighted by Crippen LogP contribution is 2.31. The Labute approximate surface area is 83.3 Å². The van der Waals surface area contributed by atoms with Crippen LogP contribution in [0.2, 0.25) is 0 Å². The molecule has 0 bridgehead atoms. The minimum Gasteiger partial charge on any atom is -0.504 e. The van der Waals surface area contributed by atoms with Gasteiger partial charge in [0.25, 0.3) is 0 Å². The van der Waals surface area contributed by atoms with Crippen molar-refractivity contribution in [2.75, 3.05) is 7.11 Å². The minimum atomic E-state index is -0.201. The Morgan fingerprint density at radius 2 is 2.14 bits per heavy atom. The minimum absolute atomic E-state index is 0.00301. The summed E-state index contributed by atoms with van der Waals surface area (Å²) >= 11 is 0. The van der Waals surface area contributed by atoms with Crippen LogP contribution in [0, 0.1) is 0 Å². The normalized spacial score (nSPS) is 10.8. The second-order valence-electron chi connectivity index (χ2n) is 2.89. The van der Waals surface area contributed by atoms with Gasteiger partial charge in [-0.3, -0.25) is 0 Å². The summed E-state index contributed by atoms with van der Waals surface area (Å²) in [4.78, 5) is 0. The summed E-state index contributed by atoms with van der Waals surface area (Å²) in [5.74, 6) is 0.382. The lowest BCUT2D eigenvalue weighted by atomic mass is 10.1. The van der Waals surface area contributed by atoms with E-state index in [0.717, 1.165) is 5.56 Å². The first-order chi connectivity index (χ1) is 6.72. The van der Waals surface area contributed by atoms with Gasteiger partial charge in [0.2, 0.25) is 0 Å². The van der Waals surface area contributed by atoms with Crippen molar-refractivity contribution in [3.63, 3.8) is 0 Å². The molecule has 76 valence electrons. The Kier molecular flexibility index (Phi) is 3.54. The molecule has 0 radical (unpaired) electrons. The maximum absolute atomic E-state index is 9.57. The van der Waals surface area contributed by atoms with Gasteiger partial charge in [0, 0.05) is 5.56 Å². The summed E-state index contributed by atoms with van der Waals surface area (Å²) < 4.78 is 4.98. The van der Waals surface area contributed by atoms with Crippen LogP contribution in [0.3, 0.4) is 0 Å². The van der Waals surface area contributed by atoms with Crippen LogP contribution in [0.25, 0.3) is 6.08 Å². The standard InChI is InChI=1S/C11H14O3/c1-3-4-8-5-9(7-12)11(13)10(6-8)14-2/h3-6,12-13H,7H2,1-2H3/b4-3+. The molecule has 0 aliphatic rings. The maximum atomic E-state index is 9.57. The zero-order valence-electron chi connectivity index (χ0n) is 8.32. The lowest BCUT2D eigenvalue weighted by molar-refractivity contribution is 0.272. The Bertz CT molecular complexity index is 317. The first-order valence-corrected chi connectivity index (χ1v) is 4.36. The van der Waals surface area contributed by atoms with Gasteiger partial charge < -0.3 is 14.9 Å². The second kappa shape index (κ2) is 4.67. The number of hydrogen-bond donors (Lipinski definition) is 2. The molecule has 0 aliphatic carbocycles. The second-order valence-corrected chi connectivity index (χ2v) is 2.89. The van der Waals surface area contributed by atoms with E-state index in [1.54, 1.807) is 12.1 Å². The number of methoxy groups -OCH3 is 1. The zero-order valence-corrected chi connectivity index (χ0v) is 8.32. The Morgan fingerprint density at radius 3 is 2.64 bits per heavy atom. The molecular formula is C11H14O3. The van der Waals surface area contributed by atoms with Crippen LogP contribution in [0.4, 0.5) is 0 Å². The van der Waals surface area contributed by atoms with Crippen LogP contribution >= 0.6 is 0 Å². The molecule has 0 spiro atoms. The van der Waals surface area contributed by atoms with E-state index in [9.17, 15) is 5.11 Å². The Morgan fingerprint density at radius 1 is 1.43 bits per heavy atom. The molecular weight excluding hydrogens is 180 g/mol. The van der Waals surface area contributed by atoms with E-state index in [-0.39, 0.29) is 12.4 Å². The highest BCUT2D eigenvalue weighted by Gasteiger charge is 2.08. The van der Waals surface area contributed by atoms with Crippen LogP contribution in [-0.4, -0.2) is 17.3 Å². The lowest BCUT2D eigenvalue weighted by Crippen LogP contribution is -1.91. The molecule has 2 N–H and O–H groups in total. The van der Waals surface area contributed by atoms with Crippen LogP contribution in [0.1, 0.15) is 18.1 Å². The summed E-state index contributed by atoms with van der Waals surface area (Å²) in [7, 11) is 1.48. The van der Waals surface area contributed by atoms with E-state index in [0.29, 0.717) is 11.3 Å². The molecule has 3 heteroatoms. The molecule has 0 unspecified atom stereocenters. The number of hydrogen-bond acceptors (Lipinski definition) is 3. The van der Waals surface area contributed by atoms with Crippen LogP contribution in [-0.2, 0) is 6.61 Å². The fourth-order valence-electron chi connectivity index (χ4n) is 1.25.